The summed E-state index contributed by atoms with van der Waals surface area (Å²) in [6, 6.07) is 4.48. The van der Waals surface area contributed by atoms with E-state index in [-0.39, 0.29) is 0 Å². The maximum absolute atomic E-state index is 9.68. The Labute approximate surface area is 90.8 Å². The Morgan fingerprint density at radius 1 is 1.60 bits per heavy atom. The van der Waals surface area contributed by atoms with Gasteiger partial charge < -0.3 is 10.0 Å². The van der Waals surface area contributed by atoms with Crippen LogP contribution in [0.2, 0.25) is 0 Å². The van der Waals surface area contributed by atoms with Gasteiger partial charge in [0.05, 0.1) is 6.10 Å². The second kappa shape index (κ2) is 4.19. The van der Waals surface area contributed by atoms with Crippen molar-refractivity contribution in [1.29, 1.82) is 0 Å². The fourth-order valence-electron chi connectivity index (χ4n) is 1.94. The largest absolute Gasteiger partial charge is 0.389 e. The molecule has 0 aromatic carbocycles. The van der Waals surface area contributed by atoms with E-state index in [4.69, 9.17) is 0 Å². The van der Waals surface area contributed by atoms with Crippen molar-refractivity contribution in [2.24, 2.45) is 0 Å². The molecule has 3 heteroatoms. The molecular weight excluding hydrogens is 188 g/mol. The molecule has 0 saturated heterocycles. The lowest BCUT2D eigenvalue weighted by Gasteiger charge is -2.24. The van der Waals surface area contributed by atoms with E-state index in [2.05, 4.69) is 16.8 Å². The van der Waals surface area contributed by atoms with Gasteiger partial charge in [0, 0.05) is 24.3 Å². The molecule has 0 amide bonds. The standard InChI is InChI=1S/C12H18N2O/c1-3-14(10-6-7-10)12-11(9(2)15)5-4-8-13-12/h4-5,8-10,15H,3,6-7H2,1-2H3. The minimum absolute atomic E-state index is 0.443. The summed E-state index contributed by atoms with van der Waals surface area (Å²) in [6.45, 7) is 4.89. The molecule has 1 atom stereocenters. The lowest BCUT2D eigenvalue weighted by molar-refractivity contribution is 0.199. The summed E-state index contributed by atoms with van der Waals surface area (Å²) in [6.07, 6.45) is 3.86. The number of aliphatic hydroxyl groups excluding tert-OH is 1. The van der Waals surface area contributed by atoms with Crippen molar-refractivity contribution in [2.75, 3.05) is 11.4 Å². The third-order valence-corrected chi connectivity index (χ3v) is 2.87. The van der Waals surface area contributed by atoms with Gasteiger partial charge in [0.2, 0.25) is 0 Å². The topological polar surface area (TPSA) is 36.4 Å². The van der Waals surface area contributed by atoms with Gasteiger partial charge in [-0.25, -0.2) is 4.98 Å². The molecule has 1 aromatic heterocycles. The minimum Gasteiger partial charge on any atom is -0.389 e. The Bertz CT molecular complexity index is 334. The van der Waals surface area contributed by atoms with E-state index in [0.717, 1.165) is 17.9 Å². The van der Waals surface area contributed by atoms with E-state index in [1.807, 2.05) is 12.1 Å². The van der Waals surface area contributed by atoms with Gasteiger partial charge in [0.25, 0.3) is 0 Å². The number of aromatic nitrogens is 1. The van der Waals surface area contributed by atoms with Gasteiger partial charge in [0.15, 0.2) is 0 Å². The van der Waals surface area contributed by atoms with Crippen LogP contribution in [0.15, 0.2) is 18.3 Å². The fraction of sp³-hybridized carbons (Fsp3) is 0.583. The van der Waals surface area contributed by atoms with Crippen molar-refractivity contribution in [3.8, 4) is 0 Å². The number of anilines is 1. The average molecular weight is 206 g/mol. The Morgan fingerprint density at radius 3 is 2.87 bits per heavy atom. The van der Waals surface area contributed by atoms with Crippen LogP contribution in [0.1, 0.15) is 38.4 Å². The molecule has 1 aliphatic rings. The highest BCUT2D eigenvalue weighted by atomic mass is 16.3. The van der Waals surface area contributed by atoms with Gasteiger partial charge in [0.1, 0.15) is 5.82 Å². The molecule has 1 saturated carbocycles. The maximum Gasteiger partial charge on any atom is 0.134 e. The first-order chi connectivity index (χ1) is 7.24. The SMILES string of the molecule is CCN(c1ncccc1C(C)O)C1CC1. The van der Waals surface area contributed by atoms with Crippen LogP contribution in [0.5, 0.6) is 0 Å². The molecule has 0 radical (unpaired) electrons. The van der Waals surface area contributed by atoms with Crippen LogP contribution < -0.4 is 4.90 Å². The number of nitrogens with zero attached hydrogens (tertiary/aromatic N) is 2. The molecule has 82 valence electrons. The molecule has 15 heavy (non-hydrogen) atoms. The zero-order valence-corrected chi connectivity index (χ0v) is 9.35. The first-order valence-corrected chi connectivity index (χ1v) is 5.63. The summed E-state index contributed by atoms with van der Waals surface area (Å²) >= 11 is 0. The van der Waals surface area contributed by atoms with Crippen molar-refractivity contribution in [2.45, 2.75) is 38.8 Å². The number of aliphatic hydroxyl groups is 1. The number of hydrogen-bond acceptors (Lipinski definition) is 3. The Balaban J connectivity index is 2.31. The molecule has 0 spiro atoms. The number of rotatable bonds is 4. The molecule has 0 bridgehead atoms. The van der Waals surface area contributed by atoms with Crippen molar-refractivity contribution >= 4 is 5.82 Å². The predicted molar refractivity (Wildman–Crippen MR) is 60.9 cm³/mol. The van der Waals surface area contributed by atoms with Crippen LogP contribution in [0.3, 0.4) is 0 Å². The van der Waals surface area contributed by atoms with Crippen molar-refractivity contribution in [3.05, 3.63) is 23.9 Å². The second-order valence-corrected chi connectivity index (χ2v) is 4.11. The van der Waals surface area contributed by atoms with E-state index < -0.39 is 6.10 Å². The maximum atomic E-state index is 9.68. The van der Waals surface area contributed by atoms with Crippen molar-refractivity contribution < 1.29 is 5.11 Å². The van der Waals surface area contributed by atoms with Gasteiger partial charge in [-0.3, -0.25) is 0 Å². The predicted octanol–water partition coefficient (Wildman–Crippen LogP) is 2.12. The Hall–Kier alpha value is -1.09. The first-order valence-electron chi connectivity index (χ1n) is 5.63. The Kier molecular flexibility index (Phi) is 2.91. The highest BCUT2D eigenvalue weighted by Crippen LogP contribution is 2.33. The highest BCUT2D eigenvalue weighted by molar-refractivity contribution is 5.49. The molecule has 3 nitrogen and oxygen atoms in total. The van der Waals surface area contributed by atoms with Crippen LogP contribution in [0.25, 0.3) is 0 Å². The Morgan fingerprint density at radius 2 is 2.33 bits per heavy atom. The third kappa shape index (κ3) is 2.12. The molecule has 1 aliphatic carbocycles. The van der Waals surface area contributed by atoms with Gasteiger partial charge in [-0.2, -0.15) is 0 Å². The molecule has 1 heterocycles. The summed E-state index contributed by atoms with van der Waals surface area (Å²) < 4.78 is 0. The molecular formula is C12H18N2O. The van der Waals surface area contributed by atoms with Crippen LogP contribution in [-0.2, 0) is 0 Å². The van der Waals surface area contributed by atoms with E-state index in [1.165, 1.54) is 12.8 Å². The van der Waals surface area contributed by atoms with E-state index >= 15 is 0 Å². The van der Waals surface area contributed by atoms with Crippen LogP contribution in [0, 0.1) is 0 Å². The van der Waals surface area contributed by atoms with Crippen LogP contribution >= 0.6 is 0 Å². The summed E-state index contributed by atoms with van der Waals surface area (Å²) in [5.74, 6) is 0.956. The monoisotopic (exact) mass is 206 g/mol. The first kappa shape index (κ1) is 10.4. The lowest BCUT2D eigenvalue weighted by Crippen LogP contribution is -2.27. The van der Waals surface area contributed by atoms with Gasteiger partial charge in [-0.05, 0) is 32.8 Å². The lowest BCUT2D eigenvalue weighted by atomic mass is 10.1. The third-order valence-electron chi connectivity index (χ3n) is 2.87. The van der Waals surface area contributed by atoms with E-state index in [1.54, 1.807) is 13.1 Å². The van der Waals surface area contributed by atoms with Gasteiger partial charge >= 0.3 is 0 Å². The summed E-state index contributed by atoms with van der Waals surface area (Å²) in [5, 5.41) is 9.68. The highest BCUT2D eigenvalue weighted by Gasteiger charge is 2.30. The minimum atomic E-state index is -0.443. The average Bonchev–Trinajstić information content (AvgIpc) is 3.04. The normalized spacial score (nSPS) is 17.5. The van der Waals surface area contributed by atoms with E-state index in [9.17, 15) is 5.11 Å². The molecule has 1 aromatic rings. The number of pyridine rings is 1. The van der Waals surface area contributed by atoms with Crippen LogP contribution in [0.4, 0.5) is 5.82 Å². The van der Waals surface area contributed by atoms with Crippen molar-refractivity contribution in [1.82, 2.24) is 4.98 Å². The molecule has 2 rings (SSSR count). The van der Waals surface area contributed by atoms with E-state index in [0.29, 0.717) is 6.04 Å². The van der Waals surface area contributed by atoms with Gasteiger partial charge in [-0.1, -0.05) is 6.07 Å². The molecule has 0 aliphatic heterocycles. The van der Waals surface area contributed by atoms with Gasteiger partial charge in [-0.15, -0.1) is 0 Å². The fourth-order valence-corrected chi connectivity index (χ4v) is 1.94. The summed E-state index contributed by atoms with van der Waals surface area (Å²) in [7, 11) is 0. The zero-order chi connectivity index (χ0) is 10.8. The summed E-state index contributed by atoms with van der Waals surface area (Å²) in [4.78, 5) is 6.69. The summed E-state index contributed by atoms with van der Waals surface area (Å²) in [5.41, 5.74) is 0.936. The molecule has 1 N–H and O–H groups in total. The molecule has 1 fully saturated rings. The second-order valence-electron chi connectivity index (χ2n) is 4.11. The zero-order valence-electron chi connectivity index (χ0n) is 9.35. The number of hydrogen-bond donors (Lipinski definition) is 1. The quantitative estimate of drug-likeness (QED) is 0.819. The van der Waals surface area contributed by atoms with Crippen molar-refractivity contribution in [3.63, 3.8) is 0 Å². The molecule has 1 unspecified atom stereocenters. The van der Waals surface area contributed by atoms with Crippen LogP contribution in [-0.4, -0.2) is 22.7 Å². The smallest absolute Gasteiger partial charge is 0.134 e.